The Balaban J connectivity index is 1.46. The summed E-state index contributed by atoms with van der Waals surface area (Å²) in [6.07, 6.45) is 1.33. The number of ether oxygens (including phenoxy) is 1. The van der Waals surface area contributed by atoms with Crippen LogP contribution in [0, 0.1) is 23.3 Å². The third-order valence-electron chi connectivity index (χ3n) is 6.98. The number of ketones is 1. The Bertz CT molecular complexity index is 1320. The Hall–Kier alpha value is -4.16. The van der Waals surface area contributed by atoms with Crippen LogP contribution >= 0.6 is 0 Å². The molecule has 2 aliphatic rings. The van der Waals surface area contributed by atoms with Crippen LogP contribution in [0.1, 0.15) is 48.5 Å². The predicted octanol–water partition coefficient (Wildman–Crippen LogP) is 3.19. The second-order valence-electron chi connectivity index (χ2n) is 9.60. The number of carbonyl (C=O) groups excluding carboxylic acids is 3. The zero-order valence-electron chi connectivity index (χ0n) is 21.5. The molecule has 1 saturated heterocycles. The Morgan fingerprint density at radius 3 is 2.30 bits per heavy atom. The van der Waals surface area contributed by atoms with Crippen molar-refractivity contribution in [3.63, 3.8) is 0 Å². The molecule has 40 heavy (non-hydrogen) atoms. The van der Waals surface area contributed by atoms with Crippen LogP contribution in [0.15, 0.2) is 24.3 Å². The third-order valence-corrected chi connectivity index (χ3v) is 6.98. The van der Waals surface area contributed by atoms with E-state index in [1.165, 1.54) is 4.90 Å². The van der Waals surface area contributed by atoms with E-state index in [0.29, 0.717) is 5.56 Å². The number of nitrogens with zero attached hydrogens (tertiary/aromatic N) is 2. The van der Waals surface area contributed by atoms with Crippen LogP contribution in [0.5, 0.6) is 5.75 Å². The summed E-state index contributed by atoms with van der Waals surface area (Å²) < 4.78 is 59.3. The van der Waals surface area contributed by atoms with E-state index < -0.39 is 71.8 Å². The van der Waals surface area contributed by atoms with Crippen LogP contribution in [0.4, 0.5) is 23.2 Å². The van der Waals surface area contributed by atoms with E-state index in [9.17, 15) is 41.8 Å². The Labute approximate surface area is 226 Å². The molecule has 0 saturated carbocycles. The van der Waals surface area contributed by atoms with E-state index in [2.05, 4.69) is 15.0 Å². The number of anilines is 1. The molecule has 13 heteroatoms. The second-order valence-corrected chi connectivity index (χ2v) is 9.60. The van der Waals surface area contributed by atoms with Crippen molar-refractivity contribution in [2.75, 3.05) is 24.6 Å². The minimum atomic E-state index is -1.88. The van der Waals surface area contributed by atoms with E-state index >= 15 is 0 Å². The maximum atomic E-state index is 13.9. The van der Waals surface area contributed by atoms with Crippen molar-refractivity contribution in [3.8, 4) is 5.75 Å². The number of rotatable bonds is 11. The highest BCUT2D eigenvalue weighted by molar-refractivity contribution is 6.02. The van der Waals surface area contributed by atoms with E-state index in [0.717, 1.165) is 37.2 Å². The Morgan fingerprint density at radius 2 is 1.70 bits per heavy atom. The highest BCUT2D eigenvalue weighted by Crippen LogP contribution is 2.31. The maximum Gasteiger partial charge on any atom is 0.305 e. The summed E-state index contributed by atoms with van der Waals surface area (Å²) >= 11 is 0. The second kappa shape index (κ2) is 11.9. The average Bonchev–Trinajstić information content (AvgIpc) is 3.56. The molecule has 2 aromatic rings. The fourth-order valence-corrected chi connectivity index (χ4v) is 4.89. The van der Waals surface area contributed by atoms with Crippen LogP contribution in [-0.4, -0.2) is 65.4 Å². The van der Waals surface area contributed by atoms with Gasteiger partial charge in [0, 0.05) is 37.0 Å². The normalized spacial score (nSPS) is 16.1. The first-order chi connectivity index (χ1) is 19.0. The number of carbonyl (C=O) groups is 4. The maximum absolute atomic E-state index is 13.9. The molecule has 2 atom stereocenters. The van der Waals surface area contributed by atoms with E-state index in [-0.39, 0.29) is 24.9 Å². The molecule has 0 aromatic heterocycles. The van der Waals surface area contributed by atoms with Gasteiger partial charge in [-0.05, 0) is 37.0 Å². The molecular weight excluding hydrogens is 538 g/mol. The van der Waals surface area contributed by atoms with Gasteiger partial charge in [-0.3, -0.25) is 19.2 Å². The lowest BCUT2D eigenvalue weighted by Gasteiger charge is -2.27. The minimum absolute atomic E-state index is 0.0388. The van der Waals surface area contributed by atoms with Gasteiger partial charge < -0.3 is 25.0 Å². The van der Waals surface area contributed by atoms with Crippen molar-refractivity contribution in [1.29, 1.82) is 0 Å². The number of aliphatic carboxylic acids is 1. The number of fused-ring (bicyclic) bond motifs is 1. The number of Topliss-reactive ketones (excluding diaryl/α,β-unsaturated/α-hetero) is 1. The molecule has 2 heterocycles. The topological polar surface area (TPSA) is 116 Å². The van der Waals surface area contributed by atoms with Gasteiger partial charge in [0.05, 0.1) is 6.42 Å². The molecule has 0 radical (unpaired) electrons. The van der Waals surface area contributed by atoms with Crippen molar-refractivity contribution < 1.29 is 46.6 Å². The summed E-state index contributed by atoms with van der Waals surface area (Å²) in [5, 5.41) is 11.5. The molecule has 0 unspecified atom stereocenters. The van der Waals surface area contributed by atoms with Crippen LogP contribution < -0.4 is 15.0 Å². The van der Waals surface area contributed by atoms with Gasteiger partial charge in [-0.2, -0.15) is 8.78 Å². The van der Waals surface area contributed by atoms with Gasteiger partial charge in [-0.1, -0.05) is 13.0 Å². The van der Waals surface area contributed by atoms with Gasteiger partial charge in [-0.25, -0.2) is 8.78 Å². The summed E-state index contributed by atoms with van der Waals surface area (Å²) in [7, 11) is 0. The van der Waals surface area contributed by atoms with Crippen molar-refractivity contribution in [2.24, 2.45) is 0 Å². The van der Waals surface area contributed by atoms with Gasteiger partial charge >= 0.3 is 5.97 Å². The molecule has 9 nitrogen and oxygen atoms in total. The quantitative estimate of drug-likeness (QED) is 0.318. The monoisotopic (exact) mass is 565 g/mol. The van der Waals surface area contributed by atoms with Crippen LogP contribution in [0.25, 0.3) is 0 Å². The lowest BCUT2D eigenvalue weighted by Crippen LogP contribution is -2.52. The first kappa shape index (κ1) is 28.8. The van der Waals surface area contributed by atoms with E-state index in [1.54, 1.807) is 13.0 Å². The number of carboxylic acid groups (broad SMARTS) is 1. The number of carboxylic acids is 1. The van der Waals surface area contributed by atoms with Crippen molar-refractivity contribution in [1.82, 2.24) is 10.2 Å². The summed E-state index contributed by atoms with van der Waals surface area (Å²) in [4.78, 5) is 54.0. The fourth-order valence-electron chi connectivity index (χ4n) is 4.89. The van der Waals surface area contributed by atoms with Gasteiger partial charge in [0.2, 0.25) is 17.5 Å². The number of halogens is 4. The Kier molecular flexibility index (Phi) is 8.60. The van der Waals surface area contributed by atoms with Crippen LogP contribution in [0.3, 0.4) is 0 Å². The number of hydrogen-bond donors (Lipinski definition) is 2. The summed E-state index contributed by atoms with van der Waals surface area (Å²) in [5.74, 6) is -12.6. The predicted molar refractivity (Wildman–Crippen MR) is 133 cm³/mol. The van der Waals surface area contributed by atoms with Crippen molar-refractivity contribution >= 4 is 29.3 Å². The highest BCUT2D eigenvalue weighted by atomic mass is 19.2. The van der Waals surface area contributed by atoms with Crippen LogP contribution in [-0.2, 0) is 20.9 Å². The fraction of sp³-hybridized carbons (Fsp3) is 0.407. The average molecular weight is 566 g/mol. The lowest BCUT2D eigenvalue weighted by atomic mass is 10.1. The zero-order chi connectivity index (χ0) is 29.1. The molecule has 214 valence electrons. The smallest absolute Gasteiger partial charge is 0.305 e. The van der Waals surface area contributed by atoms with Gasteiger partial charge in [-0.15, -0.1) is 0 Å². The molecule has 0 bridgehead atoms. The molecule has 0 aliphatic carbocycles. The number of amides is 2. The van der Waals surface area contributed by atoms with Crippen molar-refractivity contribution in [2.45, 2.75) is 51.2 Å². The third kappa shape index (κ3) is 5.87. The van der Waals surface area contributed by atoms with E-state index in [4.69, 9.17) is 0 Å². The molecule has 2 aromatic carbocycles. The standard InChI is InChI=1S/C27H27F4N3O6/c1-2-20(34-12-14-5-6-15(9-16(14)27(34)39)33-7-3-4-8-33)26(38)32-19(11-22(36)37)21(35)13-40-25-23(30)17(28)10-18(29)24(25)31/h5-6,9-10,19-20H,2-4,7-8,11-13H2,1H3,(H,32,38)(H,36,37)/t19-,20-/m0/s1. The summed E-state index contributed by atoms with van der Waals surface area (Å²) in [6, 6.07) is 2.71. The summed E-state index contributed by atoms with van der Waals surface area (Å²) in [5.41, 5.74) is 2.08. The molecule has 4 rings (SSSR count). The Morgan fingerprint density at radius 1 is 1.05 bits per heavy atom. The first-order valence-electron chi connectivity index (χ1n) is 12.7. The number of benzene rings is 2. The lowest BCUT2D eigenvalue weighted by molar-refractivity contribution is -0.141. The highest BCUT2D eigenvalue weighted by Gasteiger charge is 2.37. The summed E-state index contributed by atoms with van der Waals surface area (Å²) in [6.45, 7) is 2.33. The van der Waals surface area contributed by atoms with Gasteiger partial charge in [0.15, 0.2) is 23.2 Å². The molecular formula is C27H27F4N3O6. The SMILES string of the molecule is CC[C@@H](C(=O)N[C@@H](CC(=O)O)C(=O)COc1c(F)c(F)cc(F)c1F)N1Cc2ccc(N3CCCC3)cc2C1=O. The largest absolute Gasteiger partial charge is 0.481 e. The molecule has 2 N–H and O–H groups in total. The number of hydrogen-bond acceptors (Lipinski definition) is 6. The molecule has 1 fully saturated rings. The van der Waals surface area contributed by atoms with E-state index in [1.807, 2.05) is 12.1 Å². The van der Waals surface area contributed by atoms with Gasteiger partial charge in [0.25, 0.3) is 5.91 Å². The molecule has 0 spiro atoms. The minimum Gasteiger partial charge on any atom is -0.481 e. The molecule has 2 amide bonds. The van der Waals surface area contributed by atoms with Gasteiger partial charge in [0.1, 0.15) is 18.7 Å². The molecule has 2 aliphatic heterocycles. The number of nitrogens with one attached hydrogen (secondary N) is 1. The van der Waals surface area contributed by atoms with Crippen LogP contribution in [0.2, 0.25) is 0 Å². The zero-order valence-corrected chi connectivity index (χ0v) is 21.5. The van der Waals surface area contributed by atoms with Crippen molar-refractivity contribution in [3.05, 3.63) is 58.7 Å². The first-order valence-corrected chi connectivity index (χ1v) is 12.7.